The minimum absolute atomic E-state index is 0.0476. The van der Waals surface area contributed by atoms with Gasteiger partial charge in [-0.05, 0) is 44.5 Å². The lowest BCUT2D eigenvalue weighted by atomic mass is 10.2. The molecule has 0 radical (unpaired) electrons. The number of aryl methyl sites for hydroxylation is 2. The van der Waals surface area contributed by atoms with Gasteiger partial charge in [0, 0.05) is 17.8 Å². The molecule has 0 saturated heterocycles. The number of alkyl halides is 3. The van der Waals surface area contributed by atoms with E-state index in [1.165, 1.54) is 24.3 Å². The molecule has 0 aliphatic heterocycles. The highest BCUT2D eigenvalue weighted by Crippen LogP contribution is 2.22. The molecule has 1 heterocycles. The highest BCUT2D eigenvalue weighted by Gasteiger charge is 2.38. The number of hydrogen-bond acceptors (Lipinski definition) is 3. The van der Waals surface area contributed by atoms with Gasteiger partial charge in [0.1, 0.15) is 0 Å². The molecule has 0 fully saturated rings. The fourth-order valence-electron chi connectivity index (χ4n) is 2.50. The summed E-state index contributed by atoms with van der Waals surface area (Å²) >= 11 is 0. The average molecular weight is 382 g/mol. The van der Waals surface area contributed by atoms with E-state index in [0.717, 1.165) is 25.1 Å². The normalized spacial score (nSPS) is 11.3. The number of benzene rings is 1. The van der Waals surface area contributed by atoms with Crippen LogP contribution >= 0.6 is 0 Å². The first-order valence-electron chi connectivity index (χ1n) is 8.47. The van der Waals surface area contributed by atoms with Crippen LogP contribution in [0.1, 0.15) is 41.5 Å². The third kappa shape index (κ3) is 5.08. The molecular formula is C18H21F3N4O2. The summed E-state index contributed by atoms with van der Waals surface area (Å²) in [5, 5.41) is 8.93. The number of rotatable bonds is 6. The molecule has 2 N–H and O–H groups in total. The number of nitrogens with one attached hydrogen (secondary N) is 2. The van der Waals surface area contributed by atoms with Crippen molar-refractivity contribution in [2.45, 2.75) is 46.3 Å². The SMILES string of the molecule is CCCCn1nc(C)c(NC(=O)c2ccc(NC(=O)C(F)(F)F)cc2)c1C. The highest BCUT2D eigenvalue weighted by molar-refractivity contribution is 6.05. The molecule has 1 aromatic carbocycles. The smallest absolute Gasteiger partial charge is 0.319 e. The van der Waals surface area contributed by atoms with Gasteiger partial charge in [-0.1, -0.05) is 13.3 Å². The van der Waals surface area contributed by atoms with Gasteiger partial charge in [-0.25, -0.2) is 0 Å². The van der Waals surface area contributed by atoms with Gasteiger partial charge < -0.3 is 10.6 Å². The van der Waals surface area contributed by atoms with Gasteiger partial charge >= 0.3 is 12.1 Å². The molecule has 6 nitrogen and oxygen atoms in total. The lowest BCUT2D eigenvalue weighted by Gasteiger charge is -2.09. The number of nitrogens with zero attached hydrogens (tertiary/aromatic N) is 2. The lowest BCUT2D eigenvalue weighted by Crippen LogP contribution is -2.29. The van der Waals surface area contributed by atoms with E-state index in [4.69, 9.17) is 0 Å². The van der Waals surface area contributed by atoms with Crippen LogP contribution in [0.5, 0.6) is 0 Å². The number of carbonyl (C=O) groups excluding carboxylic acids is 2. The van der Waals surface area contributed by atoms with Gasteiger partial charge in [0.15, 0.2) is 0 Å². The molecule has 0 saturated carbocycles. The van der Waals surface area contributed by atoms with Gasteiger partial charge in [-0.3, -0.25) is 14.3 Å². The van der Waals surface area contributed by atoms with E-state index in [-0.39, 0.29) is 11.3 Å². The van der Waals surface area contributed by atoms with Crippen LogP contribution in [0.15, 0.2) is 24.3 Å². The maximum absolute atomic E-state index is 12.4. The Bertz CT molecular complexity index is 826. The maximum Gasteiger partial charge on any atom is 0.471 e. The first-order chi connectivity index (χ1) is 12.6. The molecule has 2 aromatic rings. The summed E-state index contributed by atoms with van der Waals surface area (Å²) in [6.45, 7) is 6.49. The summed E-state index contributed by atoms with van der Waals surface area (Å²) in [5.74, 6) is -2.48. The van der Waals surface area contributed by atoms with E-state index in [2.05, 4.69) is 17.3 Å². The van der Waals surface area contributed by atoms with Gasteiger partial charge in [0.05, 0.1) is 17.1 Å². The zero-order chi connectivity index (χ0) is 20.2. The monoisotopic (exact) mass is 382 g/mol. The predicted molar refractivity (Wildman–Crippen MR) is 95.7 cm³/mol. The molecule has 0 aliphatic carbocycles. The molecule has 2 rings (SSSR count). The van der Waals surface area contributed by atoms with Crippen LogP contribution in [0.4, 0.5) is 24.5 Å². The second-order valence-electron chi connectivity index (χ2n) is 6.11. The number of halogens is 3. The van der Waals surface area contributed by atoms with Crippen LogP contribution in [0.25, 0.3) is 0 Å². The van der Waals surface area contributed by atoms with E-state index in [9.17, 15) is 22.8 Å². The zero-order valence-corrected chi connectivity index (χ0v) is 15.3. The van der Waals surface area contributed by atoms with Crippen molar-refractivity contribution >= 4 is 23.2 Å². The Balaban J connectivity index is 2.09. The van der Waals surface area contributed by atoms with Crippen molar-refractivity contribution in [1.82, 2.24) is 9.78 Å². The standard InChI is InChI=1S/C18H21F3N4O2/c1-4-5-10-25-12(3)15(11(2)24-25)23-16(26)13-6-8-14(9-7-13)22-17(27)18(19,20)21/h6-9H,4-5,10H2,1-3H3,(H,22,27)(H,23,26). The second-order valence-corrected chi connectivity index (χ2v) is 6.11. The fraction of sp³-hybridized carbons (Fsp3) is 0.389. The Hall–Kier alpha value is -2.84. The number of anilines is 2. The highest BCUT2D eigenvalue weighted by atomic mass is 19.4. The summed E-state index contributed by atoms with van der Waals surface area (Å²) in [5.41, 5.74) is 2.34. The van der Waals surface area contributed by atoms with Crippen LogP contribution in [0.2, 0.25) is 0 Å². The van der Waals surface area contributed by atoms with Crippen LogP contribution in [0.3, 0.4) is 0 Å². The molecule has 27 heavy (non-hydrogen) atoms. The third-order valence-electron chi connectivity index (χ3n) is 4.01. The quantitative estimate of drug-likeness (QED) is 0.791. The van der Waals surface area contributed by atoms with Crippen molar-refractivity contribution in [2.75, 3.05) is 10.6 Å². The molecule has 0 bridgehead atoms. The molecular weight excluding hydrogens is 361 g/mol. The number of aromatic nitrogens is 2. The van der Waals surface area contributed by atoms with Gasteiger partial charge in [-0.15, -0.1) is 0 Å². The van der Waals surface area contributed by atoms with Crippen LogP contribution < -0.4 is 10.6 Å². The van der Waals surface area contributed by atoms with Gasteiger partial charge in [-0.2, -0.15) is 18.3 Å². The number of hydrogen-bond donors (Lipinski definition) is 2. The Morgan fingerprint density at radius 2 is 1.74 bits per heavy atom. The van der Waals surface area contributed by atoms with E-state index >= 15 is 0 Å². The van der Waals surface area contributed by atoms with Crippen molar-refractivity contribution in [2.24, 2.45) is 0 Å². The Morgan fingerprint density at radius 3 is 2.30 bits per heavy atom. The van der Waals surface area contributed by atoms with Crippen molar-refractivity contribution in [1.29, 1.82) is 0 Å². The Morgan fingerprint density at radius 1 is 1.11 bits per heavy atom. The molecule has 0 unspecified atom stereocenters. The summed E-state index contributed by atoms with van der Waals surface area (Å²) in [6, 6.07) is 5.16. The van der Waals surface area contributed by atoms with Gasteiger partial charge in [0.2, 0.25) is 0 Å². The maximum atomic E-state index is 12.4. The minimum Gasteiger partial charge on any atom is -0.319 e. The van der Waals surface area contributed by atoms with Crippen molar-refractivity contribution in [3.63, 3.8) is 0 Å². The molecule has 9 heteroatoms. The number of amides is 2. The fourth-order valence-corrected chi connectivity index (χ4v) is 2.50. The average Bonchev–Trinajstić information content (AvgIpc) is 2.87. The number of unbranched alkanes of at least 4 members (excludes halogenated alkanes) is 1. The summed E-state index contributed by atoms with van der Waals surface area (Å²) in [6.07, 6.45) is -2.97. The predicted octanol–water partition coefficient (Wildman–Crippen LogP) is 4.05. The van der Waals surface area contributed by atoms with E-state index < -0.39 is 18.0 Å². The van der Waals surface area contributed by atoms with Crippen LogP contribution in [0, 0.1) is 13.8 Å². The first kappa shape index (κ1) is 20.5. The Kier molecular flexibility index (Phi) is 6.24. The van der Waals surface area contributed by atoms with Crippen molar-refractivity contribution < 1.29 is 22.8 Å². The van der Waals surface area contributed by atoms with Gasteiger partial charge in [0.25, 0.3) is 5.91 Å². The molecule has 146 valence electrons. The molecule has 0 atom stereocenters. The topological polar surface area (TPSA) is 76.0 Å². The van der Waals surface area contributed by atoms with Crippen molar-refractivity contribution in [3.8, 4) is 0 Å². The van der Waals surface area contributed by atoms with Crippen LogP contribution in [-0.2, 0) is 11.3 Å². The zero-order valence-electron chi connectivity index (χ0n) is 15.3. The second kappa shape index (κ2) is 8.24. The number of carbonyl (C=O) groups is 2. The first-order valence-corrected chi connectivity index (χ1v) is 8.47. The molecule has 2 amide bonds. The summed E-state index contributed by atoms with van der Waals surface area (Å²) < 4.78 is 38.6. The minimum atomic E-state index is -4.97. The molecule has 0 spiro atoms. The van der Waals surface area contributed by atoms with E-state index in [1.54, 1.807) is 12.2 Å². The van der Waals surface area contributed by atoms with Crippen LogP contribution in [-0.4, -0.2) is 27.8 Å². The molecule has 0 aliphatic rings. The summed E-state index contributed by atoms with van der Waals surface area (Å²) in [7, 11) is 0. The summed E-state index contributed by atoms with van der Waals surface area (Å²) in [4.78, 5) is 23.3. The molecule has 1 aromatic heterocycles. The van der Waals surface area contributed by atoms with E-state index in [1.807, 2.05) is 11.6 Å². The van der Waals surface area contributed by atoms with E-state index in [0.29, 0.717) is 11.4 Å². The third-order valence-corrected chi connectivity index (χ3v) is 4.01. The lowest BCUT2D eigenvalue weighted by molar-refractivity contribution is -0.167. The Labute approximate surface area is 154 Å². The van der Waals surface area contributed by atoms with Crippen molar-refractivity contribution in [3.05, 3.63) is 41.2 Å². The largest absolute Gasteiger partial charge is 0.471 e.